The zero-order chi connectivity index (χ0) is 22.6. The van der Waals surface area contributed by atoms with E-state index in [1.54, 1.807) is 19.1 Å². The molecule has 1 aromatic rings. The van der Waals surface area contributed by atoms with Crippen molar-refractivity contribution in [2.75, 3.05) is 6.61 Å². The molecular formula is C23H29NO6S. The number of ether oxygens (including phenoxy) is 1. The molecule has 3 atom stereocenters. The minimum Gasteiger partial charge on any atom is -0.354 e. The van der Waals surface area contributed by atoms with Gasteiger partial charge in [-0.05, 0) is 73.6 Å². The average molecular weight is 448 g/mol. The molecule has 0 radical (unpaired) electrons. The van der Waals surface area contributed by atoms with E-state index in [9.17, 15) is 18.3 Å². The summed E-state index contributed by atoms with van der Waals surface area (Å²) in [4.78, 5) is 12.4. The maximum Gasteiger partial charge on any atom is 0.359 e. The number of hydrogen-bond donors (Lipinski definition) is 3. The monoisotopic (exact) mass is 447 g/mol. The Morgan fingerprint density at radius 1 is 1.29 bits per heavy atom. The molecule has 2 unspecified atom stereocenters. The number of amides is 1. The van der Waals surface area contributed by atoms with Gasteiger partial charge in [-0.2, -0.15) is 8.42 Å². The molecule has 1 amide bonds. The number of fused-ring (bicyclic) bond motifs is 4. The number of benzene rings is 1. The zero-order valence-corrected chi connectivity index (χ0v) is 18.7. The predicted molar refractivity (Wildman–Crippen MR) is 116 cm³/mol. The first kappa shape index (κ1) is 22.2. The number of aliphatic hydroxyl groups is 1. The van der Waals surface area contributed by atoms with Gasteiger partial charge in [0.15, 0.2) is 0 Å². The molecule has 1 fully saturated rings. The SMILES string of the molecule is C=C1CC[C@@]2(C)CCC3=C(CCc4cc(C(O)(OCC)C(=O)NS(=O)(=O)O)ccc43)C12. The number of rotatable bonds is 5. The summed E-state index contributed by atoms with van der Waals surface area (Å²) in [5.41, 5.74) is 6.64. The Labute approximate surface area is 183 Å². The van der Waals surface area contributed by atoms with E-state index in [0.29, 0.717) is 5.92 Å². The molecule has 3 N–H and O–H groups in total. The Balaban J connectivity index is 1.73. The maximum atomic E-state index is 12.4. The number of carbonyl (C=O) groups excluding carboxylic acids is 1. The molecule has 4 rings (SSSR count). The van der Waals surface area contributed by atoms with Crippen LogP contribution in [0.1, 0.15) is 62.6 Å². The van der Waals surface area contributed by atoms with Crippen molar-refractivity contribution in [1.29, 1.82) is 0 Å². The molecule has 168 valence electrons. The van der Waals surface area contributed by atoms with Crippen LogP contribution in [0.5, 0.6) is 0 Å². The molecule has 0 saturated heterocycles. The van der Waals surface area contributed by atoms with Gasteiger partial charge < -0.3 is 9.84 Å². The van der Waals surface area contributed by atoms with E-state index in [1.165, 1.54) is 27.9 Å². The number of nitrogens with one attached hydrogen (secondary N) is 1. The Kier molecular flexibility index (Phi) is 5.41. The van der Waals surface area contributed by atoms with E-state index in [4.69, 9.17) is 9.29 Å². The minimum atomic E-state index is -4.84. The van der Waals surface area contributed by atoms with Gasteiger partial charge in [-0.25, -0.2) is 4.72 Å². The van der Waals surface area contributed by atoms with Crippen molar-refractivity contribution in [3.8, 4) is 0 Å². The first-order chi connectivity index (χ1) is 14.5. The van der Waals surface area contributed by atoms with Gasteiger partial charge in [0.1, 0.15) is 0 Å². The van der Waals surface area contributed by atoms with E-state index in [0.717, 1.165) is 43.2 Å². The van der Waals surface area contributed by atoms with Crippen LogP contribution in [0.2, 0.25) is 0 Å². The van der Waals surface area contributed by atoms with Gasteiger partial charge in [-0.1, -0.05) is 36.8 Å². The molecule has 0 aromatic heterocycles. The summed E-state index contributed by atoms with van der Waals surface area (Å²) in [5.74, 6) is -3.47. The summed E-state index contributed by atoms with van der Waals surface area (Å²) >= 11 is 0. The largest absolute Gasteiger partial charge is 0.359 e. The average Bonchev–Trinajstić information content (AvgIpc) is 3.01. The van der Waals surface area contributed by atoms with Gasteiger partial charge in [0.2, 0.25) is 0 Å². The van der Waals surface area contributed by atoms with Crippen LogP contribution in [0.3, 0.4) is 0 Å². The lowest BCUT2D eigenvalue weighted by atomic mass is 9.62. The fraction of sp³-hybridized carbons (Fsp3) is 0.522. The molecule has 1 saturated carbocycles. The molecule has 0 spiro atoms. The Hall–Kier alpha value is -2.00. The molecule has 7 nitrogen and oxygen atoms in total. The third-order valence-electron chi connectivity index (χ3n) is 7.17. The van der Waals surface area contributed by atoms with Crippen molar-refractivity contribution >= 4 is 21.8 Å². The lowest BCUT2D eigenvalue weighted by molar-refractivity contribution is -0.210. The highest BCUT2D eigenvalue weighted by Crippen LogP contribution is 2.59. The summed E-state index contributed by atoms with van der Waals surface area (Å²) in [5, 5.41) is 10.9. The lowest BCUT2D eigenvalue weighted by Crippen LogP contribution is -2.48. The Morgan fingerprint density at radius 3 is 2.68 bits per heavy atom. The fourth-order valence-corrected chi connectivity index (χ4v) is 6.14. The van der Waals surface area contributed by atoms with Crippen molar-refractivity contribution < 1.29 is 27.6 Å². The summed E-state index contributed by atoms with van der Waals surface area (Å²) in [6, 6.07) is 5.17. The summed E-state index contributed by atoms with van der Waals surface area (Å²) in [6.45, 7) is 8.26. The highest BCUT2D eigenvalue weighted by molar-refractivity contribution is 7.84. The highest BCUT2D eigenvalue weighted by Gasteiger charge is 2.47. The van der Waals surface area contributed by atoms with Gasteiger partial charge in [0.25, 0.3) is 11.7 Å². The highest BCUT2D eigenvalue weighted by atomic mass is 32.2. The molecule has 0 heterocycles. The van der Waals surface area contributed by atoms with Crippen LogP contribution in [0.25, 0.3) is 5.57 Å². The summed E-state index contributed by atoms with van der Waals surface area (Å²) in [6.07, 6.45) is 6.01. The number of aryl methyl sites for hydroxylation is 1. The smallest absolute Gasteiger partial charge is 0.354 e. The first-order valence-corrected chi connectivity index (χ1v) is 12.1. The van der Waals surface area contributed by atoms with Crippen LogP contribution in [-0.2, 0) is 32.0 Å². The van der Waals surface area contributed by atoms with Crippen molar-refractivity contribution in [1.82, 2.24) is 4.72 Å². The topological polar surface area (TPSA) is 113 Å². The van der Waals surface area contributed by atoms with Crippen molar-refractivity contribution in [2.45, 2.75) is 58.2 Å². The van der Waals surface area contributed by atoms with Crippen LogP contribution >= 0.6 is 0 Å². The first-order valence-electron chi connectivity index (χ1n) is 10.7. The molecule has 0 bridgehead atoms. The van der Waals surface area contributed by atoms with Crippen LogP contribution in [0.15, 0.2) is 35.9 Å². The third-order valence-corrected chi connectivity index (χ3v) is 7.62. The van der Waals surface area contributed by atoms with Crippen molar-refractivity contribution in [3.05, 3.63) is 52.6 Å². The second kappa shape index (κ2) is 7.55. The molecule has 0 aliphatic heterocycles. The molecule has 3 aliphatic carbocycles. The number of carbonyl (C=O) groups is 1. The Morgan fingerprint density at radius 2 is 2.00 bits per heavy atom. The second-order valence-corrected chi connectivity index (χ2v) is 10.3. The van der Waals surface area contributed by atoms with Crippen molar-refractivity contribution in [2.24, 2.45) is 11.3 Å². The fourth-order valence-electron chi connectivity index (χ4n) is 5.76. The quantitative estimate of drug-likeness (QED) is 0.363. The normalized spacial score (nSPS) is 27.2. The van der Waals surface area contributed by atoms with Crippen LogP contribution in [-0.4, -0.2) is 30.6 Å². The van der Waals surface area contributed by atoms with E-state index in [2.05, 4.69) is 13.5 Å². The van der Waals surface area contributed by atoms with E-state index in [1.807, 2.05) is 6.07 Å². The molecule has 1 aromatic carbocycles. The lowest BCUT2D eigenvalue weighted by Gasteiger charge is -2.42. The van der Waals surface area contributed by atoms with Crippen LogP contribution in [0.4, 0.5) is 0 Å². The molecular weight excluding hydrogens is 418 g/mol. The molecule has 3 aliphatic rings. The van der Waals surface area contributed by atoms with Crippen LogP contribution < -0.4 is 4.72 Å². The minimum absolute atomic E-state index is 0.0375. The summed E-state index contributed by atoms with van der Waals surface area (Å²) in [7, 11) is -4.84. The molecule has 31 heavy (non-hydrogen) atoms. The van der Waals surface area contributed by atoms with Crippen LogP contribution in [0, 0.1) is 11.3 Å². The van der Waals surface area contributed by atoms with Gasteiger partial charge in [0, 0.05) is 18.1 Å². The standard InChI is InChI=1S/C23H29NO6S/c1-4-30-23(26,21(25)24-31(27,28)29)16-6-8-17-15(13-16)5-7-19-18(17)10-12-22(3)11-9-14(2)20(19)22/h6,8,13,20,26H,2,4-5,7,9-12H2,1,3H3,(H,24,25)(H,27,28,29)/t20?,22-,23?/m0/s1. The summed E-state index contributed by atoms with van der Waals surface area (Å²) < 4.78 is 37.8. The zero-order valence-electron chi connectivity index (χ0n) is 17.9. The maximum absolute atomic E-state index is 12.4. The Bertz CT molecular complexity index is 1090. The second-order valence-electron chi connectivity index (χ2n) is 9.10. The van der Waals surface area contributed by atoms with E-state index >= 15 is 0 Å². The van der Waals surface area contributed by atoms with Gasteiger partial charge in [0.05, 0.1) is 0 Å². The number of hydrogen-bond acceptors (Lipinski definition) is 5. The van der Waals surface area contributed by atoms with Crippen molar-refractivity contribution in [3.63, 3.8) is 0 Å². The van der Waals surface area contributed by atoms with E-state index in [-0.39, 0.29) is 17.6 Å². The third kappa shape index (κ3) is 3.75. The predicted octanol–water partition coefficient (Wildman–Crippen LogP) is 3.25. The van der Waals surface area contributed by atoms with E-state index < -0.39 is 22.0 Å². The van der Waals surface area contributed by atoms with Gasteiger partial charge in [-0.3, -0.25) is 9.35 Å². The molecule has 8 heteroatoms. The van der Waals surface area contributed by atoms with Gasteiger partial charge in [-0.15, -0.1) is 0 Å². The number of allylic oxidation sites excluding steroid dienone is 3. The van der Waals surface area contributed by atoms with Gasteiger partial charge >= 0.3 is 10.3 Å².